The predicted molar refractivity (Wildman–Crippen MR) is 129 cm³/mol. The second-order valence-electron chi connectivity index (χ2n) is 8.47. The van der Waals surface area contributed by atoms with Crippen LogP contribution in [0.2, 0.25) is 0 Å². The van der Waals surface area contributed by atoms with Gasteiger partial charge in [-0.3, -0.25) is 8.98 Å². The van der Waals surface area contributed by atoms with E-state index in [1.807, 2.05) is 30.0 Å². The standard InChI is InChI=1S/C21H33BClN2O6S/c1-16-6-7-19(25(9-8-23)10-11-30-32(5,28)29)13-17(16)12-18(24-22-15-26)14-20(27)31-21(2,3)4/h6-7,13,15,18,24H,8-12,14H2,1-5H3/t18-/m1/s1. The molecule has 0 saturated carbocycles. The highest BCUT2D eigenvalue weighted by molar-refractivity contribution is 7.85. The Kier molecular flexibility index (Phi) is 11.7. The molecule has 0 aliphatic carbocycles. The first-order valence-electron chi connectivity index (χ1n) is 10.3. The third kappa shape index (κ3) is 11.8. The van der Waals surface area contributed by atoms with E-state index < -0.39 is 15.7 Å². The summed E-state index contributed by atoms with van der Waals surface area (Å²) in [6, 6.07) is 5.53. The van der Waals surface area contributed by atoms with Crippen LogP contribution in [0.3, 0.4) is 0 Å². The molecule has 11 heteroatoms. The van der Waals surface area contributed by atoms with Crippen LogP contribution in [0, 0.1) is 6.92 Å². The van der Waals surface area contributed by atoms with E-state index in [0.29, 0.717) is 31.6 Å². The number of nitrogens with zero attached hydrogens (tertiary/aromatic N) is 1. The van der Waals surface area contributed by atoms with Gasteiger partial charge >= 0.3 is 5.97 Å². The Morgan fingerprint density at radius 3 is 2.56 bits per heavy atom. The highest BCUT2D eigenvalue weighted by Crippen LogP contribution is 2.22. The van der Waals surface area contributed by atoms with E-state index >= 15 is 0 Å². The number of carbonyl (C=O) groups excluding carboxylic acids is 2. The summed E-state index contributed by atoms with van der Waals surface area (Å²) >= 11 is 5.94. The minimum atomic E-state index is -3.52. The Morgan fingerprint density at radius 1 is 1.31 bits per heavy atom. The van der Waals surface area contributed by atoms with Gasteiger partial charge in [0, 0.05) is 30.7 Å². The number of esters is 1. The zero-order chi connectivity index (χ0) is 24.4. The quantitative estimate of drug-likeness (QED) is 0.140. The van der Waals surface area contributed by atoms with E-state index in [0.717, 1.165) is 23.1 Å². The van der Waals surface area contributed by atoms with Crippen molar-refractivity contribution in [2.75, 3.05) is 36.7 Å². The number of benzene rings is 1. The summed E-state index contributed by atoms with van der Waals surface area (Å²) < 4.78 is 32.8. The number of hydrogen-bond donors (Lipinski definition) is 1. The van der Waals surface area contributed by atoms with E-state index in [4.69, 9.17) is 20.5 Å². The van der Waals surface area contributed by atoms with Crippen molar-refractivity contribution in [3.05, 3.63) is 29.3 Å². The molecular weight excluding hydrogens is 455 g/mol. The van der Waals surface area contributed by atoms with Gasteiger partial charge in [-0.05, 0) is 57.4 Å². The molecule has 8 nitrogen and oxygen atoms in total. The number of rotatable bonds is 14. The number of halogens is 1. The van der Waals surface area contributed by atoms with Gasteiger partial charge < -0.3 is 19.7 Å². The normalized spacial score (nSPS) is 12.8. The molecule has 0 aliphatic rings. The molecule has 0 saturated heterocycles. The number of carbonyl (C=O) groups is 2. The predicted octanol–water partition coefficient (Wildman–Crippen LogP) is 2.06. The van der Waals surface area contributed by atoms with Crippen LogP contribution in [-0.2, 0) is 35.0 Å². The molecule has 1 N–H and O–H groups in total. The zero-order valence-electron chi connectivity index (χ0n) is 19.4. The first kappa shape index (κ1) is 28.4. The summed E-state index contributed by atoms with van der Waals surface area (Å²) in [5.74, 6) is 0.00365. The van der Waals surface area contributed by atoms with E-state index in [2.05, 4.69) is 5.23 Å². The third-order valence-electron chi connectivity index (χ3n) is 4.41. The Morgan fingerprint density at radius 2 is 2.00 bits per heavy atom. The number of hydrogen-bond acceptors (Lipinski definition) is 8. The van der Waals surface area contributed by atoms with Crippen LogP contribution < -0.4 is 10.1 Å². The molecule has 1 radical (unpaired) electrons. The van der Waals surface area contributed by atoms with Crippen molar-refractivity contribution < 1.29 is 26.9 Å². The van der Waals surface area contributed by atoms with Gasteiger partial charge in [-0.15, -0.1) is 11.6 Å². The molecule has 0 aromatic heterocycles. The van der Waals surface area contributed by atoms with Gasteiger partial charge in [0.15, 0.2) is 0 Å². The van der Waals surface area contributed by atoms with Crippen LogP contribution in [0.15, 0.2) is 18.2 Å². The SMILES string of the molecule is Cc1ccc(N(CCCl)CCOS(C)(=O)=O)cc1C[C@H](CC(=O)OC(C)(C)C)N[B]C=O. The van der Waals surface area contributed by atoms with Crippen molar-refractivity contribution in [2.45, 2.75) is 52.2 Å². The second-order valence-corrected chi connectivity index (χ2v) is 10.5. The van der Waals surface area contributed by atoms with Gasteiger partial charge in [-0.1, -0.05) is 6.07 Å². The summed E-state index contributed by atoms with van der Waals surface area (Å²) in [5, 5.41) is 2.97. The van der Waals surface area contributed by atoms with Crippen molar-refractivity contribution in [1.82, 2.24) is 5.23 Å². The van der Waals surface area contributed by atoms with E-state index in [1.165, 1.54) is 7.41 Å². The number of ether oxygens (including phenoxy) is 1. The van der Waals surface area contributed by atoms with Crippen LogP contribution in [0.5, 0.6) is 0 Å². The maximum Gasteiger partial charge on any atom is 0.307 e. The molecule has 1 aromatic rings. The molecule has 32 heavy (non-hydrogen) atoms. The molecule has 0 aliphatic heterocycles. The fourth-order valence-corrected chi connectivity index (χ4v) is 3.64. The molecule has 0 amide bonds. The fraction of sp³-hybridized carbons (Fsp3) is 0.619. The summed E-state index contributed by atoms with van der Waals surface area (Å²) in [6.45, 7) is 8.24. The van der Waals surface area contributed by atoms with E-state index in [9.17, 15) is 18.0 Å². The van der Waals surface area contributed by atoms with Gasteiger partial charge in [0.1, 0.15) is 5.60 Å². The average Bonchev–Trinajstić information content (AvgIpc) is 2.64. The highest BCUT2D eigenvalue weighted by atomic mass is 35.5. The van der Waals surface area contributed by atoms with Gasteiger partial charge in [0.05, 0.1) is 25.5 Å². The highest BCUT2D eigenvalue weighted by Gasteiger charge is 2.21. The lowest BCUT2D eigenvalue weighted by Gasteiger charge is -2.26. The molecule has 1 atom stereocenters. The number of alkyl halides is 1. The van der Waals surface area contributed by atoms with Crippen molar-refractivity contribution in [1.29, 1.82) is 0 Å². The smallest absolute Gasteiger partial charge is 0.307 e. The molecule has 0 heterocycles. The monoisotopic (exact) mass is 487 g/mol. The van der Waals surface area contributed by atoms with Crippen LogP contribution in [-0.4, -0.2) is 71.5 Å². The molecule has 1 aromatic carbocycles. The van der Waals surface area contributed by atoms with Crippen LogP contribution in [0.4, 0.5) is 5.69 Å². The Labute approximate surface area is 197 Å². The lowest BCUT2D eigenvalue weighted by atomic mass is 9.91. The van der Waals surface area contributed by atoms with E-state index in [-0.39, 0.29) is 25.0 Å². The third-order valence-corrected chi connectivity index (χ3v) is 5.17. The molecule has 0 fully saturated rings. The fourth-order valence-electron chi connectivity index (χ4n) is 3.06. The summed E-state index contributed by atoms with van der Waals surface area (Å²) in [7, 11) is -2.25. The minimum Gasteiger partial charge on any atom is -0.460 e. The average molecular weight is 488 g/mol. The van der Waals surface area contributed by atoms with Crippen LogP contribution in [0.25, 0.3) is 0 Å². The van der Waals surface area contributed by atoms with Crippen molar-refractivity contribution >= 4 is 47.0 Å². The maximum absolute atomic E-state index is 12.3. The number of aryl methyl sites for hydroxylation is 1. The van der Waals surface area contributed by atoms with Gasteiger partial charge in [0.25, 0.3) is 17.5 Å². The van der Waals surface area contributed by atoms with Crippen LogP contribution in [0.1, 0.15) is 38.3 Å². The van der Waals surface area contributed by atoms with E-state index in [1.54, 1.807) is 20.8 Å². The van der Waals surface area contributed by atoms with Crippen molar-refractivity contribution in [3.8, 4) is 0 Å². The molecular formula is C21H33BClN2O6S. The zero-order valence-corrected chi connectivity index (χ0v) is 21.0. The largest absolute Gasteiger partial charge is 0.460 e. The summed E-state index contributed by atoms with van der Waals surface area (Å²) in [5.41, 5.74) is 2.27. The van der Waals surface area contributed by atoms with Crippen molar-refractivity contribution in [3.63, 3.8) is 0 Å². The Bertz CT molecular complexity index is 860. The summed E-state index contributed by atoms with van der Waals surface area (Å²) in [4.78, 5) is 25.1. The Hall–Kier alpha value is -1.62. The first-order chi connectivity index (χ1) is 14.8. The topological polar surface area (TPSA) is 102 Å². The molecule has 1 rings (SSSR count). The Balaban J connectivity index is 3.01. The maximum atomic E-state index is 12.3. The lowest BCUT2D eigenvalue weighted by Crippen LogP contribution is -2.38. The molecule has 0 spiro atoms. The molecule has 0 unspecified atom stereocenters. The second kappa shape index (κ2) is 13.2. The molecule has 179 valence electrons. The van der Waals surface area contributed by atoms with Gasteiger partial charge in [-0.2, -0.15) is 8.42 Å². The minimum absolute atomic E-state index is 0.00997. The van der Waals surface area contributed by atoms with Gasteiger partial charge in [-0.25, -0.2) is 0 Å². The lowest BCUT2D eigenvalue weighted by molar-refractivity contribution is -0.155. The first-order valence-corrected chi connectivity index (χ1v) is 12.7. The molecule has 0 bridgehead atoms. The van der Waals surface area contributed by atoms with Crippen LogP contribution >= 0.6 is 11.6 Å². The number of anilines is 1. The summed E-state index contributed by atoms with van der Waals surface area (Å²) in [6.07, 6.45) is 2.23. The number of nitrogens with one attached hydrogen (secondary N) is 1. The van der Waals surface area contributed by atoms with Gasteiger partial charge in [0.2, 0.25) is 0 Å². The van der Waals surface area contributed by atoms with Crippen molar-refractivity contribution in [2.24, 2.45) is 0 Å².